The number of aliphatic hydroxyl groups excluding tert-OH is 1. The van der Waals surface area contributed by atoms with Crippen molar-refractivity contribution in [3.8, 4) is 5.69 Å². The summed E-state index contributed by atoms with van der Waals surface area (Å²) in [4.78, 5) is 13.5. The number of likely N-dealkylation sites (tertiary alicyclic amines) is 1. The van der Waals surface area contributed by atoms with E-state index in [4.69, 9.17) is 5.11 Å². The molecule has 1 aliphatic rings. The van der Waals surface area contributed by atoms with Gasteiger partial charge >= 0.3 is 0 Å². The van der Waals surface area contributed by atoms with Crippen molar-refractivity contribution in [1.82, 2.24) is 19.7 Å². The number of aromatic nitrogens is 3. The van der Waals surface area contributed by atoms with Crippen LogP contribution in [0, 0.1) is 17.5 Å². The number of carbonyl (C=O) groups is 1. The van der Waals surface area contributed by atoms with Gasteiger partial charge in [0.1, 0.15) is 24.1 Å². The standard InChI is InChI=1S/C22H21F3N4O2S/c23-15-4-6-16(7-5-15)29-20(12-28-8-2-1-3-9-28)26-27-22(29)32-21-17(24)10-14(11-18(21)25)19(31)13-30/h4-7,10-11,30H,1-3,8-9,12-13H2. The minimum absolute atomic E-state index is 0.211. The quantitative estimate of drug-likeness (QED) is 0.536. The molecule has 0 bridgehead atoms. The number of Topliss-reactive ketones (excluding diaryl/α,β-unsaturated/α-hetero) is 1. The first-order valence-electron chi connectivity index (χ1n) is 10.2. The molecule has 6 nitrogen and oxygen atoms in total. The summed E-state index contributed by atoms with van der Waals surface area (Å²) in [6, 6.07) is 7.47. The first kappa shape index (κ1) is 22.5. The molecule has 1 fully saturated rings. The van der Waals surface area contributed by atoms with E-state index in [1.165, 1.54) is 18.6 Å². The number of hydrogen-bond acceptors (Lipinski definition) is 6. The molecule has 0 saturated carbocycles. The molecule has 0 amide bonds. The van der Waals surface area contributed by atoms with Crippen LogP contribution in [-0.2, 0) is 6.54 Å². The van der Waals surface area contributed by atoms with E-state index in [9.17, 15) is 18.0 Å². The Morgan fingerprint density at radius 3 is 2.28 bits per heavy atom. The molecular formula is C22H21F3N4O2S. The van der Waals surface area contributed by atoms with Crippen molar-refractivity contribution in [2.45, 2.75) is 35.9 Å². The van der Waals surface area contributed by atoms with Crippen LogP contribution in [0.3, 0.4) is 0 Å². The second-order valence-electron chi connectivity index (χ2n) is 7.50. The normalized spacial score (nSPS) is 14.6. The van der Waals surface area contributed by atoms with E-state index in [-0.39, 0.29) is 15.6 Å². The highest BCUT2D eigenvalue weighted by Gasteiger charge is 2.22. The van der Waals surface area contributed by atoms with Crippen LogP contribution >= 0.6 is 11.8 Å². The van der Waals surface area contributed by atoms with E-state index in [1.54, 1.807) is 16.7 Å². The third-order valence-corrected chi connectivity index (χ3v) is 6.30. The fraction of sp³-hybridized carbons (Fsp3) is 0.318. The third kappa shape index (κ3) is 4.87. The number of aliphatic hydroxyl groups is 1. The van der Waals surface area contributed by atoms with Crippen molar-refractivity contribution in [3.63, 3.8) is 0 Å². The van der Waals surface area contributed by atoms with Crippen molar-refractivity contribution < 1.29 is 23.1 Å². The number of nitrogens with zero attached hydrogens (tertiary/aromatic N) is 4. The number of piperidine rings is 1. The van der Waals surface area contributed by atoms with Gasteiger partial charge in [0.2, 0.25) is 5.16 Å². The Bertz CT molecular complexity index is 1090. The zero-order valence-electron chi connectivity index (χ0n) is 17.1. The molecule has 0 unspecified atom stereocenters. The van der Waals surface area contributed by atoms with Gasteiger partial charge in [0.25, 0.3) is 0 Å². The predicted octanol–water partition coefficient (Wildman–Crippen LogP) is 4.00. The Labute approximate surface area is 187 Å². The molecular weight excluding hydrogens is 441 g/mol. The molecule has 1 aromatic heterocycles. The molecule has 4 rings (SSSR count). The predicted molar refractivity (Wildman–Crippen MR) is 112 cm³/mol. The Morgan fingerprint density at radius 2 is 1.66 bits per heavy atom. The van der Waals surface area contributed by atoms with E-state index < -0.39 is 29.8 Å². The topological polar surface area (TPSA) is 71.2 Å². The minimum atomic E-state index is -0.946. The third-order valence-electron chi connectivity index (χ3n) is 5.26. The van der Waals surface area contributed by atoms with Crippen molar-refractivity contribution in [3.05, 3.63) is 65.2 Å². The molecule has 1 aliphatic heterocycles. The lowest BCUT2D eigenvalue weighted by Crippen LogP contribution is -2.30. The summed E-state index contributed by atoms with van der Waals surface area (Å²) in [5, 5.41) is 17.5. The Hall–Kier alpha value is -2.69. The number of rotatable bonds is 7. The van der Waals surface area contributed by atoms with E-state index >= 15 is 0 Å². The maximum Gasteiger partial charge on any atom is 0.200 e. The SMILES string of the molecule is O=C(CO)c1cc(F)c(Sc2nnc(CN3CCCCC3)n2-c2ccc(F)cc2)c(F)c1. The van der Waals surface area contributed by atoms with Gasteiger partial charge in [-0.2, -0.15) is 0 Å². The Kier molecular flexibility index (Phi) is 6.92. The maximum absolute atomic E-state index is 14.6. The highest BCUT2D eigenvalue weighted by Crippen LogP contribution is 2.34. The van der Waals surface area contributed by atoms with Crippen LogP contribution in [0.25, 0.3) is 5.69 Å². The summed E-state index contributed by atoms with van der Waals surface area (Å²) in [7, 11) is 0. The molecule has 0 radical (unpaired) electrons. The van der Waals surface area contributed by atoms with Crippen LogP contribution in [0.2, 0.25) is 0 Å². The van der Waals surface area contributed by atoms with Gasteiger partial charge in [0.05, 0.1) is 11.4 Å². The number of benzene rings is 2. The van der Waals surface area contributed by atoms with Crippen LogP contribution in [0.4, 0.5) is 13.2 Å². The van der Waals surface area contributed by atoms with Crippen molar-refractivity contribution >= 4 is 17.5 Å². The lowest BCUT2D eigenvalue weighted by atomic mass is 10.1. The molecule has 1 N–H and O–H groups in total. The maximum atomic E-state index is 14.6. The Balaban J connectivity index is 1.71. The summed E-state index contributed by atoms with van der Waals surface area (Å²) in [5.74, 6) is -2.50. The van der Waals surface area contributed by atoms with Crippen LogP contribution in [0.15, 0.2) is 46.5 Å². The lowest BCUT2D eigenvalue weighted by molar-refractivity contribution is 0.0902. The number of hydrogen-bond donors (Lipinski definition) is 1. The molecule has 168 valence electrons. The van der Waals surface area contributed by atoms with Gasteiger partial charge in [-0.25, -0.2) is 13.2 Å². The van der Waals surface area contributed by atoms with Crippen LogP contribution in [-0.4, -0.2) is 50.3 Å². The van der Waals surface area contributed by atoms with Gasteiger partial charge in [-0.15, -0.1) is 10.2 Å². The molecule has 2 aromatic carbocycles. The van der Waals surface area contributed by atoms with Crippen molar-refractivity contribution in [1.29, 1.82) is 0 Å². The smallest absolute Gasteiger partial charge is 0.200 e. The van der Waals surface area contributed by atoms with Crippen molar-refractivity contribution in [2.75, 3.05) is 19.7 Å². The number of halogens is 3. The zero-order valence-corrected chi connectivity index (χ0v) is 17.9. The summed E-state index contributed by atoms with van der Waals surface area (Å²) in [6.07, 6.45) is 3.35. The van der Waals surface area contributed by atoms with Crippen LogP contribution in [0.5, 0.6) is 0 Å². The first-order chi connectivity index (χ1) is 15.5. The van der Waals surface area contributed by atoms with E-state index in [0.717, 1.165) is 49.8 Å². The van der Waals surface area contributed by atoms with Gasteiger partial charge in [0.15, 0.2) is 11.6 Å². The lowest BCUT2D eigenvalue weighted by Gasteiger charge is -2.26. The van der Waals surface area contributed by atoms with Gasteiger partial charge in [-0.3, -0.25) is 14.3 Å². The molecule has 0 atom stereocenters. The molecule has 1 saturated heterocycles. The van der Waals surface area contributed by atoms with Crippen molar-refractivity contribution in [2.24, 2.45) is 0 Å². The Morgan fingerprint density at radius 1 is 1.00 bits per heavy atom. The molecule has 0 spiro atoms. The highest BCUT2D eigenvalue weighted by molar-refractivity contribution is 7.99. The highest BCUT2D eigenvalue weighted by atomic mass is 32.2. The minimum Gasteiger partial charge on any atom is -0.388 e. The largest absolute Gasteiger partial charge is 0.388 e. The monoisotopic (exact) mass is 462 g/mol. The molecule has 3 aromatic rings. The van der Waals surface area contributed by atoms with E-state index in [1.807, 2.05) is 0 Å². The summed E-state index contributed by atoms with van der Waals surface area (Å²) < 4.78 is 44.4. The van der Waals surface area contributed by atoms with Gasteiger partial charge < -0.3 is 5.11 Å². The molecule has 32 heavy (non-hydrogen) atoms. The molecule has 2 heterocycles. The summed E-state index contributed by atoms with van der Waals surface area (Å²) >= 11 is 0.731. The zero-order chi connectivity index (χ0) is 22.7. The number of carbonyl (C=O) groups excluding carboxylic acids is 1. The van der Waals surface area contributed by atoms with Crippen LogP contribution < -0.4 is 0 Å². The fourth-order valence-electron chi connectivity index (χ4n) is 3.64. The first-order valence-corrected chi connectivity index (χ1v) is 11.0. The van der Waals surface area contributed by atoms with Crippen LogP contribution in [0.1, 0.15) is 35.4 Å². The summed E-state index contributed by atoms with van der Waals surface area (Å²) in [5.41, 5.74) is 0.316. The number of ketones is 1. The average molecular weight is 462 g/mol. The fourth-order valence-corrected chi connectivity index (χ4v) is 4.52. The van der Waals surface area contributed by atoms with Gasteiger partial charge in [-0.05, 0) is 74.1 Å². The van der Waals surface area contributed by atoms with E-state index in [0.29, 0.717) is 18.1 Å². The molecule has 10 heteroatoms. The average Bonchev–Trinajstić information content (AvgIpc) is 3.18. The summed E-state index contributed by atoms with van der Waals surface area (Å²) in [6.45, 7) is 1.49. The van der Waals surface area contributed by atoms with E-state index in [2.05, 4.69) is 15.1 Å². The molecule has 0 aliphatic carbocycles. The van der Waals surface area contributed by atoms with Gasteiger partial charge in [-0.1, -0.05) is 6.42 Å². The second kappa shape index (κ2) is 9.85. The van der Waals surface area contributed by atoms with Gasteiger partial charge in [0, 0.05) is 11.3 Å². The second-order valence-corrected chi connectivity index (χ2v) is 8.48.